The van der Waals surface area contributed by atoms with Crippen LogP contribution in [0.15, 0.2) is 64.6 Å². The molecule has 13 heteroatoms. The zero-order valence-electron chi connectivity index (χ0n) is 26.0. The molecule has 0 radical (unpaired) electrons. The second-order valence-electron chi connectivity index (χ2n) is 11.9. The Morgan fingerprint density at radius 2 is 1.82 bits per heavy atom. The number of aromatic nitrogens is 6. The van der Waals surface area contributed by atoms with E-state index >= 15 is 4.39 Å². The molecule has 234 valence electrons. The summed E-state index contributed by atoms with van der Waals surface area (Å²) in [4.78, 5) is 37.1. The molecule has 12 nitrogen and oxygen atoms in total. The lowest BCUT2D eigenvalue weighted by Crippen LogP contribution is -2.24. The SMILES string of the molecule is CN(C)CCOc1cnc(Nc2cc(-c3cccc(-n4ncc5cc(C(C)(C)C)cc(F)c5c4=O)c3CO)nn(C)c2=O)cn1. The molecule has 0 aliphatic rings. The zero-order valence-corrected chi connectivity index (χ0v) is 26.0. The van der Waals surface area contributed by atoms with Crippen molar-refractivity contribution in [2.45, 2.75) is 32.8 Å². The molecule has 2 aromatic carbocycles. The topological polar surface area (TPSA) is 140 Å². The summed E-state index contributed by atoms with van der Waals surface area (Å²) in [6.07, 6.45) is 4.35. The Kier molecular flexibility index (Phi) is 8.75. The summed E-state index contributed by atoms with van der Waals surface area (Å²) in [5.41, 5.74) is 0.826. The Bertz CT molecular complexity index is 1980. The Balaban J connectivity index is 1.52. The fourth-order valence-corrected chi connectivity index (χ4v) is 4.77. The Labute approximate surface area is 258 Å². The number of halogens is 1. The van der Waals surface area contributed by atoms with Crippen molar-refractivity contribution in [3.05, 3.63) is 92.6 Å². The van der Waals surface area contributed by atoms with Crippen LogP contribution in [0.1, 0.15) is 31.9 Å². The average Bonchev–Trinajstić information content (AvgIpc) is 2.99. The number of aliphatic hydroxyl groups is 1. The molecule has 0 aliphatic carbocycles. The van der Waals surface area contributed by atoms with Crippen molar-refractivity contribution >= 4 is 22.3 Å². The maximum absolute atomic E-state index is 15.3. The number of ether oxygens (including phenoxy) is 1. The number of hydrogen-bond donors (Lipinski definition) is 2. The minimum atomic E-state index is -0.666. The Morgan fingerprint density at radius 1 is 1.04 bits per heavy atom. The first kappa shape index (κ1) is 31.4. The molecule has 5 rings (SSSR count). The first-order valence-corrected chi connectivity index (χ1v) is 14.3. The smallest absolute Gasteiger partial charge is 0.290 e. The molecular formula is C32H35FN8O4. The molecule has 3 heterocycles. The standard InChI is InChI=1S/C32H35FN8O4/c1-32(2,3)20-12-19-15-36-41(31(44)29(19)23(33)13-20)26-9-7-8-21(22(26)18-42)24-14-25(30(43)40(6)38-24)37-27-16-35-28(17-34-27)45-11-10-39(4)5/h7-9,12-17,42H,10-11,18H2,1-6H3,(H,34,37). The van der Waals surface area contributed by atoms with Crippen LogP contribution in [0.2, 0.25) is 0 Å². The van der Waals surface area contributed by atoms with Crippen molar-refractivity contribution in [1.82, 2.24) is 34.4 Å². The molecule has 0 aliphatic heterocycles. The fourth-order valence-electron chi connectivity index (χ4n) is 4.77. The summed E-state index contributed by atoms with van der Waals surface area (Å²) in [5, 5.41) is 22.5. The van der Waals surface area contributed by atoms with Gasteiger partial charge in [-0.1, -0.05) is 32.9 Å². The summed E-state index contributed by atoms with van der Waals surface area (Å²) in [5.74, 6) is 0.0121. The van der Waals surface area contributed by atoms with E-state index in [4.69, 9.17) is 4.74 Å². The van der Waals surface area contributed by atoms with E-state index in [-0.39, 0.29) is 22.2 Å². The quantitative estimate of drug-likeness (QED) is 0.253. The monoisotopic (exact) mass is 614 g/mol. The average molecular weight is 615 g/mol. The lowest BCUT2D eigenvalue weighted by atomic mass is 9.86. The van der Waals surface area contributed by atoms with Gasteiger partial charge in [-0.2, -0.15) is 14.9 Å². The predicted molar refractivity (Wildman–Crippen MR) is 170 cm³/mol. The van der Waals surface area contributed by atoms with Crippen LogP contribution in [-0.2, 0) is 19.1 Å². The van der Waals surface area contributed by atoms with Gasteiger partial charge in [-0.05, 0) is 49.3 Å². The minimum absolute atomic E-state index is 0.103. The molecule has 0 atom stereocenters. The molecular weight excluding hydrogens is 579 g/mol. The third kappa shape index (κ3) is 6.59. The lowest BCUT2D eigenvalue weighted by molar-refractivity contribution is 0.253. The fraction of sp³-hybridized carbons (Fsp3) is 0.312. The van der Waals surface area contributed by atoms with E-state index in [1.54, 1.807) is 24.3 Å². The normalized spacial score (nSPS) is 11.8. The number of nitrogens with one attached hydrogen (secondary N) is 1. The number of aliphatic hydroxyl groups excluding tert-OH is 1. The van der Waals surface area contributed by atoms with Gasteiger partial charge in [-0.15, -0.1) is 0 Å². The van der Waals surface area contributed by atoms with Gasteiger partial charge in [-0.25, -0.2) is 19.0 Å². The van der Waals surface area contributed by atoms with E-state index in [0.717, 1.165) is 21.5 Å². The third-order valence-electron chi connectivity index (χ3n) is 7.26. The van der Waals surface area contributed by atoms with E-state index in [9.17, 15) is 14.7 Å². The molecule has 45 heavy (non-hydrogen) atoms. The number of rotatable bonds is 9. The van der Waals surface area contributed by atoms with Gasteiger partial charge in [0.05, 0.1) is 42.0 Å². The molecule has 0 bridgehead atoms. The molecule has 2 N–H and O–H groups in total. The van der Waals surface area contributed by atoms with Gasteiger partial charge in [0, 0.05) is 30.1 Å². The van der Waals surface area contributed by atoms with Crippen LogP contribution in [0.4, 0.5) is 15.9 Å². The lowest BCUT2D eigenvalue weighted by Gasteiger charge is -2.20. The largest absolute Gasteiger partial charge is 0.475 e. The summed E-state index contributed by atoms with van der Waals surface area (Å²) in [6, 6.07) is 9.63. The highest BCUT2D eigenvalue weighted by Crippen LogP contribution is 2.30. The summed E-state index contributed by atoms with van der Waals surface area (Å²) < 4.78 is 23.1. The zero-order chi connectivity index (χ0) is 32.5. The van der Waals surface area contributed by atoms with Crippen LogP contribution < -0.4 is 21.2 Å². The van der Waals surface area contributed by atoms with E-state index < -0.39 is 23.5 Å². The molecule has 5 aromatic rings. The number of fused-ring (bicyclic) bond motifs is 1. The number of benzene rings is 2. The molecule has 0 spiro atoms. The second-order valence-corrected chi connectivity index (χ2v) is 11.9. The van der Waals surface area contributed by atoms with Gasteiger partial charge in [0.25, 0.3) is 11.1 Å². The van der Waals surface area contributed by atoms with Gasteiger partial charge < -0.3 is 20.1 Å². The van der Waals surface area contributed by atoms with E-state index in [1.807, 2.05) is 39.8 Å². The minimum Gasteiger partial charge on any atom is -0.475 e. The highest BCUT2D eigenvalue weighted by molar-refractivity contribution is 5.83. The third-order valence-corrected chi connectivity index (χ3v) is 7.26. The number of anilines is 2. The van der Waals surface area contributed by atoms with Crippen LogP contribution in [0.25, 0.3) is 27.7 Å². The van der Waals surface area contributed by atoms with Crippen LogP contribution in [0, 0.1) is 5.82 Å². The van der Waals surface area contributed by atoms with Crippen molar-refractivity contribution in [3.8, 4) is 22.8 Å². The van der Waals surface area contributed by atoms with E-state index in [0.29, 0.717) is 40.5 Å². The number of likely N-dealkylation sites (N-methyl/N-ethyl adjacent to an activating group) is 1. The van der Waals surface area contributed by atoms with Crippen LogP contribution in [-0.4, -0.2) is 66.8 Å². The van der Waals surface area contributed by atoms with Gasteiger partial charge in [0.1, 0.15) is 23.9 Å². The summed E-state index contributed by atoms with van der Waals surface area (Å²) >= 11 is 0. The van der Waals surface area contributed by atoms with Crippen molar-refractivity contribution < 1.29 is 14.2 Å². The van der Waals surface area contributed by atoms with Gasteiger partial charge >= 0.3 is 0 Å². The second kappa shape index (κ2) is 12.5. The highest BCUT2D eigenvalue weighted by Gasteiger charge is 2.21. The van der Waals surface area contributed by atoms with E-state index in [2.05, 4.69) is 25.5 Å². The predicted octanol–water partition coefficient (Wildman–Crippen LogP) is 3.55. The van der Waals surface area contributed by atoms with Crippen molar-refractivity contribution in [2.24, 2.45) is 7.05 Å². The molecule has 0 unspecified atom stereocenters. The van der Waals surface area contributed by atoms with Gasteiger partial charge in [-0.3, -0.25) is 9.59 Å². The van der Waals surface area contributed by atoms with Crippen molar-refractivity contribution in [1.29, 1.82) is 0 Å². The van der Waals surface area contributed by atoms with Gasteiger partial charge in [0.2, 0.25) is 5.88 Å². The van der Waals surface area contributed by atoms with Crippen molar-refractivity contribution in [3.63, 3.8) is 0 Å². The van der Waals surface area contributed by atoms with Crippen molar-refractivity contribution in [2.75, 3.05) is 32.6 Å². The number of nitrogens with zero attached hydrogens (tertiary/aromatic N) is 7. The van der Waals surface area contributed by atoms with Crippen LogP contribution in [0.5, 0.6) is 5.88 Å². The molecule has 0 fully saturated rings. The summed E-state index contributed by atoms with van der Waals surface area (Å²) in [6.45, 7) is 6.56. The number of aryl methyl sites for hydroxylation is 1. The molecule has 0 saturated carbocycles. The molecule has 3 aromatic heterocycles. The Hall–Kier alpha value is -5.01. The molecule has 0 saturated heterocycles. The molecule has 0 amide bonds. The Morgan fingerprint density at radius 3 is 2.49 bits per heavy atom. The van der Waals surface area contributed by atoms with Gasteiger partial charge in [0.15, 0.2) is 0 Å². The maximum atomic E-state index is 15.3. The van der Waals surface area contributed by atoms with Crippen LogP contribution >= 0.6 is 0 Å². The van der Waals surface area contributed by atoms with Crippen LogP contribution in [0.3, 0.4) is 0 Å². The number of hydrogen-bond acceptors (Lipinski definition) is 10. The maximum Gasteiger partial charge on any atom is 0.290 e. The highest BCUT2D eigenvalue weighted by atomic mass is 19.1. The first-order chi connectivity index (χ1) is 21.4. The summed E-state index contributed by atoms with van der Waals surface area (Å²) in [7, 11) is 5.38. The van der Waals surface area contributed by atoms with E-state index in [1.165, 1.54) is 37.8 Å². The first-order valence-electron chi connectivity index (χ1n) is 14.3.